The Bertz CT molecular complexity index is 945. The SMILES string of the molecule is C#C[C@]1(CO)OC(n2cnc3c(N)nc(F)nc32)C[C@@H]1CCCCCCOC(=O)O. The Hall–Kier alpha value is -2.97. The van der Waals surface area contributed by atoms with Crippen molar-refractivity contribution in [2.45, 2.75) is 50.4 Å². The summed E-state index contributed by atoms with van der Waals surface area (Å²) in [6.07, 6.45) is 8.67. The lowest BCUT2D eigenvalue weighted by molar-refractivity contribution is -0.0744. The number of hydrogen-bond donors (Lipinski definition) is 3. The highest BCUT2D eigenvalue weighted by atomic mass is 19.1. The molecule has 30 heavy (non-hydrogen) atoms. The van der Waals surface area contributed by atoms with Gasteiger partial charge in [-0.05, 0) is 19.3 Å². The summed E-state index contributed by atoms with van der Waals surface area (Å²) in [5, 5.41) is 18.4. The first-order valence-electron chi connectivity index (χ1n) is 9.68. The Morgan fingerprint density at radius 2 is 2.20 bits per heavy atom. The molecule has 1 saturated heterocycles. The van der Waals surface area contributed by atoms with E-state index in [1.165, 1.54) is 6.33 Å². The lowest BCUT2D eigenvalue weighted by Crippen LogP contribution is -2.38. The number of nitrogens with two attached hydrogens (primary N) is 1. The fraction of sp³-hybridized carbons (Fsp3) is 0.579. The number of nitrogen functional groups attached to an aromatic ring is 1. The van der Waals surface area contributed by atoms with Crippen molar-refractivity contribution < 1.29 is 28.9 Å². The molecule has 0 aromatic carbocycles. The van der Waals surface area contributed by atoms with Crippen LogP contribution in [0.15, 0.2) is 6.33 Å². The van der Waals surface area contributed by atoms with Gasteiger partial charge in [0.15, 0.2) is 22.6 Å². The molecule has 0 amide bonds. The first-order valence-corrected chi connectivity index (χ1v) is 9.68. The van der Waals surface area contributed by atoms with E-state index in [0.717, 1.165) is 19.3 Å². The number of anilines is 1. The van der Waals surface area contributed by atoms with Crippen molar-refractivity contribution in [1.82, 2.24) is 19.5 Å². The van der Waals surface area contributed by atoms with Gasteiger partial charge >= 0.3 is 12.2 Å². The summed E-state index contributed by atoms with van der Waals surface area (Å²) < 4.78 is 25.7. The van der Waals surface area contributed by atoms with Gasteiger partial charge in [0, 0.05) is 5.92 Å². The molecular weight excluding hydrogens is 397 g/mol. The third-order valence-corrected chi connectivity index (χ3v) is 5.37. The van der Waals surface area contributed by atoms with Crippen LogP contribution in [0.1, 0.15) is 44.8 Å². The standard InChI is InChI=1S/C19H24FN5O5/c1-2-19(10-26)12(7-5-3-4-6-8-29-18(27)28)9-13(30-19)25-11-22-14-15(21)23-17(20)24-16(14)25/h1,11-13,26H,3-10H2,(H,27,28)(H2,21,23,24)/t12-,13?,19+/m0/s1. The molecule has 1 aliphatic heterocycles. The molecular formula is C19H24FN5O5. The van der Waals surface area contributed by atoms with Crippen molar-refractivity contribution in [3.05, 3.63) is 12.4 Å². The van der Waals surface area contributed by atoms with Crippen LogP contribution in [0.4, 0.5) is 15.0 Å². The van der Waals surface area contributed by atoms with Gasteiger partial charge in [0.1, 0.15) is 6.23 Å². The van der Waals surface area contributed by atoms with E-state index < -0.39 is 24.1 Å². The number of terminal acetylenes is 1. The van der Waals surface area contributed by atoms with E-state index in [1.807, 2.05) is 0 Å². The summed E-state index contributed by atoms with van der Waals surface area (Å²) in [6, 6.07) is 0. The van der Waals surface area contributed by atoms with Crippen molar-refractivity contribution in [1.29, 1.82) is 0 Å². The smallest absolute Gasteiger partial charge is 0.450 e. The minimum absolute atomic E-state index is 0.0666. The highest BCUT2D eigenvalue weighted by Crippen LogP contribution is 2.44. The molecule has 0 spiro atoms. The second-order valence-corrected chi connectivity index (χ2v) is 7.22. The van der Waals surface area contributed by atoms with E-state index in [4.69, 9.17) is 22.0 Å². The number of nitrogens with zero attached hydrogens (tertiary/aromatic N) is 4. The van der Waals surface area contributed by atoms with Crippen LogP contribution in [-0.4, -0.2) is 54.7 Å². The number of carbonyl (C=O) groups is 1. The molecule has 0 aliphatic carbocycles. The second-order valence-electron chi connectivity index (χ2n) is 7.22. The van der Waals surface area contributed by atoms with Crippen LogP contribution in [-0.2, 0) is 9.47 Å². The summed E-state index contributed by atoms with van der Waals surface area (Å²) in [6.45, 7) is -0.181. The molecule has 4 N–H and O–H groups in total. The van der Waals surface area contributed by atoms with Crippen molar-refractivity contribution >= 4 is 23.1 Å². The van der Waals surface area contributed by atoms with Gasteiger partial charge in [0.05, 0.1) is 19.5 Å². The first kappa shape index (κ1) is 21.7. The van der Waals surface area contributed by atoms with Gasteiger partial charge in [-0.15, -0.1) is 6.42 Å². The number of unbranched alkanes of at least 4 members (excludes halogenated alkanes) is 3. The van der Waals surface area contributed by atoms with E-state index in [9.17, 15) is 14.3 Å². The van der Waals surface area contributed by atoms with Crippen molar-refractivity contribution in [3.63, 3.8) is 0 Å². The predicted molar refractivity (Wildman–Crippen MR) is 104 cm³/mol. The van der Waals surface area contributed by atoms with Gasteiger partial charge in [-0.3, -0.25) is 4.57 Å². The molecule has 3 heterocycles. The fourth-order valence-electron chi connectivity index (χ4n) is 3.83. The number of hydrogen-bond acceptors (Lipinski definition) is 8. The van der Waals surface area contributed by atoms with Crippen LogP contribution < -0.4 is 5.73 Å². The van der Waals surface area contributed by atoms with E-state index in [0.29, 0.717) is 19.3 Å². The molecule has 0 bridgehead atoms. The summed E-state index contributed by atoms with van der Waals surface area (Å²) >= 11 is 0. The average Bonchev–Trinajstić information content (AvgIpc) is 3.28. The topological polar surface area (TPSA) is 146 Å². The zero-order chi connectivity index (χ0) is 21.7. The minimum Gasteiger partial charge on any atom is -0.450 e. The highest BCUT2D eigenvalue weighted by Gasteiger charge is 2.47. The van der Waals surface area contributed by atoms with Gasteiger partial charge in [0.2, 0.25) is 0 Å². The van der Waals surface area contributed by atoms with Gasteiger partial charge in [-0.1, -0.05) is 25.2 Å². The Morgan fingerprint density at radius 3 is 2.90 bits per heavy atom. The van der Waals surface area contributed by atoms with Crippen LogP contribution in [0.2, 0.25) is 0 Å². The van der Waals surface area contributed by atoms with Crippen LogP contribution in [0.5, 0.6) is 0 Å². The van der Waals surface area contributed by atoms with Crippen molar-refractivity contribution in [2.24, 2.45) is 5.92 Å². The van der Waals surface area contributed by atoms with Gasteiger partial charge < -0.3 is 25.4 Å². The molecule has 3 rings (SSSR count). The second kappa shape index (κ2) is 9.23. The Labute approximate surface area is 172 Å². The van der Waals surface area contributed by atoms with Gasteiger partial charge in [0.25, 0.3) is 0 Å². The molecule has 0 radical (unpaired) electrons. The number of aliphatic hydroxyl groups excluding tert-OH is 1. The highest BCUT2D eigenvalue weighted by molar-refractivity contribution is 5.81. The fourth-order valence-corrected chi connectivity index (χ4v) is 3.83. The molecule has 1 aliphatic rings. The molecule has 0 saturated carbocycles. The molecule has 2 aromatic heterocycles. The number of aromatic nitrogens is 4. The number of aliphatic hydroxyl groups is 1. The van der Waals surface area contributed by atoms with Gasteiger partial charge in [-0.2, -0.15) is 14.4 Å². The lowest BCUT2D eigenvalue weighted by atomic mass is 9.84. The quantitative estimate of drug-likeness (QED) is 0.240. The monoisotopic (exact) mass is 421 g/mol. The lowest BCUT2D eigenvalue weighted by Gasteiger charge is -2.27. The number of ether oxygens (including phenoxy) is 2. The van der Waals surface area contributed by atoms with Crippen LogP contribution >= 0.6 is 0 Å². The summed E-state index contributed by atoms with van der Waals surface area (Å²) in [5.41, 5.74) is 5.02. The van der Waals surface area contributed by atoms with Crippen molar-refractivity contribution in [3.8, 4) is 12.3 Å². The molecule has 10 nitrogen and oxygen atoms in total. The molecule has 2 aromatic rings. The maximum atomic E-state index is 13.6. The van der Waals surface area contributed by atoms with E-state index in [2.05, 4.69) is 25.6 Å². The van der Waals surface area contributed by atoms with Gasteiger partial charge in [-0.25, -0.2) is 9.78 Å². The van der Waals surface area contributed by atoms with E-state index in [1.54, 1.807) is 4.57 Å². The zero-order valence-corrected chi connectivity index (χ0v) is 16.3. The Morgan fingerprint density at radius 1 is 1.43 bits per heavy atom. The Balaban J connectivity index is 1.66. The summed E-state index contributed by atoms with van der Waals surface area (Å²) in [7, 11) is 0. The minimum atomic E-state index is -1.27. The average molecular weight is 421 g/mol. The number of halogens is 1. The summed E-state index contributed by atoms with van der Waals surface area (Å²) in [4.78, 5) is 21.7. The maximum Gasteiger partial charge on any atom is 0.505 e. The number of imidazole rings is 1. The maximum absolute atomic E-state index is 13.6. The largest absolute Gasteiger partial charge is 0.505 e. The third-order valence-electron chi connectivity index (χ3n) is 5.37. The Kier molecular flexibility index (Phi) is 6.69. The molecule has 1 unspecified atom stereocenters. The first-order chi connectivity index (χ1) is 14.4. The molecule has 162 valence electrons. The normalized spacial score (nSPS) is 23.5. The summed E-state index contributed by atoms with van der Waals surface area (Å²) in [5.74, 6) is 2.39. The van der Waals surface area contributed by atoms with E-state index >= 15 is 0 Å². The van der Waals surface area contributed by atoms with Crippen LogP contribution in [0.25, 0.3) is 11.2 Å². The number of fused-ring (bicyclic) bond motifs is 1. The number of carboxylic acid groups (broad SMARTS) is 1. The van der Waals surface area contributed by atoms with Crippen LogP contribution in [0.3, 0.4) is 0 Å². The molecule has 1 fully saturated rings. The molecule has 11 heteroatoms. The van der Waals surface area contributed by atoms with E-state index in [-0.39, 0.29) is 36.1 Å². The number of rotatable bonds is 9. The van der Waals surface area contributed by atoms with Crippen LogP contribution in [0, 0.1) is 24.3 Å². The predicted octanol–water partition coefficient (Wildman–Crippen LogP) is 2.09. The third kappa shape index (κ3) is 4.44. The van der Waals surface area contributed by atoms with Crippen molar-refractivity contribution in [2.75, 3.05) is 18.9 Å². The zero-order valence-electron chi connectivity index (χ0n) is 16.3. The molecule has 3 atom stereocenters.